The topological polar surface area (TPSA) is 77.3 Å². The molecule has 1 aromatic heterocycles. The first-order valence-corrected chi connectivity index (χ1v) is 8.60. The van der Waals surface area contributed by atoms with E-state index in [2.05, 4.69) is 15.5 Å². The lowest BCUT2D eigenvalue weighted by Crippen LogP contribution is -2.05. The number of benzene rings is 2. The van der Waals surface area contributed by atoms with Gasteiger partial charge in [-0.05, 0) is 36.4 Å². The quantitative estimate of drug-likeness (QED) is 0.674. The van der Waals surface area contributed by atoms with Crippen molar-refractivity contribution in [3.63, 3.8) is 0 Å². The van der Waals surface area contributed by atoms with Gasteiger partial charge in [-0.1, -0.05) is 17.3 Å². The number of carbonyl (C=O) groups is 1. The first-order valence-electron chi connectivity index (χ1n) is 7.61. The maximum Gasteiger partial charge on any atom is 0.237 e. The predicted octanol–water partition coefficient (Wildman–Crippen LogP) is 4.00. The number of rotatable bonds is 6. The Labute approximate surface area is 149 Å². The van der Waals surface area contributed by atoms with Gasteiger partial charge in [0.05, 0.1) is 12.9 Å². The molecule has 0 aliphatic heterocycles. The molecule has 3 rings (SSSR count). The molecule has 2 aromatic carbocycles. The van der Waals surface area contributed by atoms with E-state index >= 15 is 0 Å². The van der Waals surface area contributed by atoms with Crippen molar-refractivity contribution in [3.8, 4) is 17.1 Å². The summed E-state index contributed by atoms with van der Waals surface area (Å²) in [6.45, 7) is 1.48. The fraction of sp³-hybridized carbons (Fsp3) is 0.167. The summed E-state index contributed by atoms with van der Waals surface area (Å²) in [5.41, 5.74) is 1.62. The molecule has 6 nitrogen and oxygen atoms in total. The first kappa shape index (κ1) is 17.0. The Balaban J connectivity index is 1.62. The summed E-state index contributed by atoms with van der Waals surface area (Å²) in [7, 11) is 1.62. The van der Waals surface area contributed by atoms with Crippen LogP contribution in [0, 0.1) is 0 Å². The molecule has 0 fully saturated rings. The predicted molar refractivity (Wildman–Crippen MR) is 96.6 cm³/mol. The molecular formula is C18H17N3O3S. The van der Waals surface area contributed by atoms with Gasteiger partial charge in [0.15, 0.2) is 0 Å². The van der Waals surface area contributed by atoms with Crippen molar-refractivity contribution in [2.75, 3.05) is 12.4 Å². The second-order valence-corrected chi connectivity index (χ2v) is 6.29. The van der Waals surface area contributed by atoms with E-state index in [1.54, 1.807) is 18.9 Å². The van der Waals surface area contributed by atoms with Gasteiger partial charge in [0.1, 0.15) is 5.75 Å². The van der Waals surface area contributed by atoms with E-state index in [-0.39, 0.29) is 5.91 Å². The molecule has 0 radical (unpaired) electrons. The number of hydrogen-bond acceptors (Lipinski definition) is 6. The molecule has 1 amide bonds. The third-order valence-corrected chi connectivity index (χ3v) is 4.33. The zero-order chi connectivity index (χ0) is 17.6. The lowest BCUT2D eigenvalue weighted by molar-refractivity contribution is -0.114. The molecule has 1 heterocycles. The lowest BCUT2D eigenvalue weighted by Gasteiger charge is -2.03. The summed E-state index contributed by atoms with van der Waals surface area (Å²) >= 11 is 1.58. The van der Waals surface area contributed by atoms with Crippen LogP contribution in [0.1, 0.15) is 12.8 Å². The van der Waals surface area contributed by atoms with Gasteiger partial charge >= 0.3 is 0 Å². The molecular weight excluding hydrogens is 338 g/mol. The molecule has 3 aromatic rings. The number of thioether (sulfide) groups is 1. The number of nitrogens with one attached hydrogen (secondary N) is 1. The third-order valence-electron chi connectivity index (χ3n) is 3.33. The van der Waals surface area contributed by atoms with E-state index < -0.39 is 0 Å². The third kappa shape index (κ3) is 4.60. The molecule has 0 saturated carbocycles. The van der Waals surface area contributed by atoms with Crippen LogP contribution in [0.4, 0.5) is 5.69 Å². The summed E-state index contributed by atoms with van der Waals surface area (Å²) in [4.78, 5) is 16.5. The highest BCUT2D eigenvalue weighted by atomic mass is 32.2. The molecule has 7 heteroatoms. The van der Waals surface area contributed by atoms with Crippen molar-refractivity contribution in [2.24, 2.45) is 0 Å². The molecule has 128 valence electrons. The van der Waals surface area contributed by atoms with Crippen LogP contribution in [-0.4, -0.2) is 23.2 Å². The van der Waals surface area contributed by atoms with Crippen LogP contribution in [0.15, 0.2) is 57.9 Å². The number of aromatic nitrogens is 2. The average molecular weight is 355 g/mol. The molecule has 0 unspecified atom stereocenters. The number of ether oxygens (including phenoxy) is 1. The molecule has 0 aliphatic rings. The van der Waals surface area contributed by atoms with E-state index in [0.717, 1.165) is 21.9 Å². The van der Waals surface area contributed by atoms with Gasteiger partial charge in [-0.15, -0.1) is 11.8 Å². The molecule has 0 atom stereocenters. The number of methoxy groups -OCH3 is 1. The van der Waals surface area contributed by atoms with Crippen molar-refractivity contribution in [1.82, 2.24) is 10.1 Å². The van der Waals surface area contributed by atoms with E-state index in [4.69, 9.17) is 9.26 Å². The molecule has 25 heavy (non-hydrogen) atoms. The summed E-state index contributed by atoms with van der Waals surface area (Å²) in [5.74, 6) is 2.31. The summed E-state index contributed by atoms with van der Waals surface area (Å²) in [5, 5.41) is 6.76. The number of amides is 1. The van der Waals surface area contributed by atoms with E-state index in [1.807, 2.05) is 48.5 Å². The zero-order valence-corrected chi connectivity index (χ0v) is 14.7. The summed E-state index contributed by atoms with van der Waals surface area (Å²) in [6, 6.07) is 15.1. The second kappa shape index (κ2) is 7.85. The van der Waals surface area contributed by atoms with Crippen molar-refractivity contribution in [1.29, 1.82) is 0 Å². The van der Waals surface area contributed by atoms with Gasteiger partial charge in [-0.25, -0.2) is 0 Å². The molecule has 0 spiro atoms. The van der Waals surface area contributed by atoms with E-state index in [9.17, 15) is 4.79 Å². The minimum Gasteiger partial charge on any atom is -0.497 e. The van der Waals surface area contributed by atoms with Gasteiger partial charge in [-0.2, -0.15) is 4.98 Å². The molecule has 0 bridgehead atoms. The Kier molecular flexibility index (Phi) is 5.35. The standard InChI is InChI=1S/C18H17N3O3S/c1-12(22)19-14-6-8-16(9-7-14)25-11-17-20-18(21-24-17)13-4-3-5-15(10-13)23-2/h3-10H,11H2,1-2H3,(H,19,22). The Bertz CT molecular complexity index is 862. The van der Waals surface area contributed by atoms with Crippen LogP contribution >= 0.6 is 11.8 Å². The van der Waals surface area contributed by atoms with Crippen LogP contribution in [0.3, 0.4) is 0 Å². The van der Waals surface area contributed by atoms with Crippen LogP contribution in [0.5, 0.6) is 5.75 Å². The number of nitrogens with zero attached hydrogens (tertiary/aromatic N) is 2. The Morgan fingerprint density at radius 3 is 2.76 bits per heavy atom. The lowest BCUT2D eigenvalue weighted by atomic mass is 10.2. The highest BCUT2D eigenvalue weighted by Crippen LogP contribution is 2.26. The Morgan fingerprint density at radius 2 is 2.04 bits per heavy atom. The molecule has 0 saturated heterocycles. The smallest absolute Gasteiger partial charge is 0.237 e. The fourth-order valence-electron chi connectivity index (χ4n) is 2.18. The van der Waals surface area contributed by atoms with Gasteiger partial charge in [-0.3, -0.25) is 4.79 Å². The average Bonchev–Trinajstić information content (AvgIpc) is 3.10. The van der Waals surface area contributed by atoms with Crippen molar-refractivity contribution in [2.45, 2.75) is 17.6 Å². The highest BCUT2D eigenvalue weighted by Gasteiger charge is 2.10. The maximum atomic E-state index is 11.0. The summed E-state index contributed by atoms with van der Waals surface area (Å²) < 4.78 is 10.5. The van der Waals surface area contributed by atoms with Crippen LogP contribution < -0.4 is 10.1 Å². The van der Waals surface area contributed by atoms with Crippen LogP contribution in [-0.2, 0) is 10.5 Å². The SMILES string of the molecule is COc1cccc(-c2noc(CSc3ccc(NC(C)=O)cc3)n2)c1. The summed E-state index contributed by atoms with van der Waals surface area (Å²) in [6.07, 6.45) is 0. The Morgan fingerprint density at radius 1 is 1.24 bits per heavy atom. The van der Waals surface area contributed by atoms with Gasteiger partial charge in [0, 0.05) is 23.1 Å². The number of hydrogen-bond donors (Lipinski definition) is 1. The zero-order valence-electron chi connectivity index (χ0n) is 13.9. The normalized spacial score (nSPS) is 10.5. The van der Waals surface area contributed by atoms with Gasteiger partial charge < -0.3 is 14.6 Å². The van der Waals surface area contributed by atoms with Crippen molar-refractivity contribution >= 4 is 23.4 Å². The monoisotopic (exact) mass is 355 g/mol. The Hall–Kier alpha value is -2.80. The molecule has 1 N–H and O–H groups in total. The van der Waals surface area contributed by atoms with Gasteiger partial charge in [0.25, 0.3) is 0 Å². The van der Waals surface area contributed by atoms with Gasteiger partial charge in [0.2, 0.25) is 17.6 Å². The largest absolute Gasteiger partial charge is 0.497 e. The van der Waals surface area contributed by atoms with Crippen molar-refractivity contribution in [3.05, 3.63) is 54.4 Å². The maximum absolute atomic E-state index is 11.0. The fourth-order valence-corrected chi connectivity index (χ4v) is 2.91. The highest BCUT2D eigenvalue weighted by molar-refractivity contribution is 7.98. The second-order valence-electron chi connectivity index (χ2n) is 5.24. The minimum absolute atomic E-state index is 0.0867. The number of anilines is 1. The number of carbonyl (C=O) groups excluding carboxylic acids is 1. The van der Waals surface area contributed by atoms with Crippen molar-refractivity contribution < 1.29 is 14.1 Å². The molecule has 0 aliphatic carbocycles. The van der Waals surface area contributed by atoms with E-state index in [1.165, 1.54) is 6.92 Å². The minimum atomic E-state index is -0.0867. The van der Waals surface area contributed by atoms with Crippen LogP contribution in [0.25, 0.3) is 11.4 Å². The van der Waals surface area contributed by atoms with E-state index in [0.29, 0.717) is 17.5 Å². The van der Waals surface area contributed by atoms with Crippen LogP contribution in [0.2, 0.25) is 0 Å². The first-order chi connectivity index (χ1) is 12.1.